The van der Waals surface area contributed by atoms with Crippen LogP contribution in [-0.4, -0.2) is 12.6 Å². The fraction of sp³-hybridized carbons (Fsp3) is 0.538. The van der Waals surface area contributed by atoms with Crippen molar-refractivity contribution < 1.29 is 0 Å². The molecule has 1 atom stereocenters. The van der Waals surface area contributed by atoms with Gasteiger partial charge >= 0.3 is 0 Å². The Morgan fingerprint density at radius 2 is 1.88 bits per heavy atom. The summed E-state index contributed by atoms with van der Waals surface area (Å²) >= 11 is 3.45. The first-order chi connectivity index (χ1) is 7.42. The molecule has 0 aliphatic heterocycles. The second-order valence-corrected chi connectivity index (χ2v) is 5.84. The summed E-state index contributed by atoms with van der Waals surface area (Å²) in [5.74, 6) is 0. The van der Waals surface area contributed by atoms with E-state index >= 15 is 0 Å². The molecule has 2 nitrogen and oxygen atoms in total. The summed E-state index contributed by atoms with van der Waals surface area (Å²) in [7, 11) is 2.00. The van der Waals surface area contributed by atoms with Crippen LogP contribution < -0.4 is 11.1 Å². The molecule has 0 aliphatic rings. The maximum atomic E-state index is 6.01. The number of halogens is 1. The number of nitrogens with one attached hydrogen (secondary N) is 1. The van der Waals surface area contributed by atoms with Gasteiger partial charge in [0.2, 0.25) is 0 Å². The van der Waals surface area contributed by atoms with E-state index in [1.165, 1.54) is 5.56 Å². The Balaban J connectivity index is 2.64. The van der Waals surface area contributed by atoms with Gasteiger partial charge in [-0.05, 0) is 51.4 Å². The van der Waals surface area contributed by atoms with Crippen LogP contribution in [0.4, 0.5) is 0 Å². The Morgan fingerprint density at radius 3 is 2.31 bits per heavy atom. The highest BCUT2D eigenvalue weighted by molar-refractivity contribution is 9.10. The van der Waals surface area contributed by atoms with Crippen LogP contribution in [0.5, 0.6) is 0 Å². The van der Waals surface area contributed by atoms with Gasteiger partial charge in [0.15, 0.2) is 0 Å². The van der Waals surface area contributed by atoms with Crippen molar-refractivity contribution in [2.45, 2.75) is 38.3 Å². The third kappa shape index (κ3) is 4.64. The normalized spacial score (nSPS) is 13.8. The minimum atomic E-state index is -0.0928. The molecular weight excluding hydrogens is 264 g/mol. The van der Waals surface area contributed by atoms with Gasteiger partial charge in [0.05, 0.1) is 0 Å². The van der Waals surface area contributed by atoms with Crippen molar-refractivity contribution in [1.82, 2.24) is 5.32 Å². The molecule has 16 heavy (non-hydrogen) atoms. The van der Waals surface area contributed by atoms with E-state index in [0.717, 1.165) is 17.3 Å². The molecule has 0 heterocycles. The predicted octanol–water partition coefficient (Wildman–Crippen LogP) is 3.23. The van der Waals surface area contributed by atoms with Gasteiger partial charge in [-0.15, -0.1) is 0 Å². The van der Waals surface area contributed by atoms with Gasteiger partial charge in [-0.25, -0.2) is 0 Å². The second-order valence-electron chi connectivity index (χ2n) is 4.92. The highest BCUT2D eigenvalue weighted by Gasteiger charge is 2.15. The van der Waals surface area contributed by atoms with E-state index < -0.39 is 0 Å². The Kier molecular flexibility index (Phi) is 4.96. The summed E-state index contributed by atoms with van der Waals surface area (Å²) in [6, 6.07) is 8.83. The molecule has 1 aromatic rings. The summed E-state index contributed by atoms with van der Waals surface area (Å²) in [6.45, 7) is 4.14. The fourth-order valence-corrected chi connectivity index (χ4v) is 1.95. The molecule has 0 aromatic heterocycles. The van der Waals surface area contributed by atoms with Crippen LogP contribution in [0.25, 0.3) is 0 Å². The van der Waals surface area contributed by atoms with Crippen LogP contribution in [0.2, 0.25) is 0 Å². The van der Waals surface area contributed by atoms with Gasteiger partial charge in [0.1, 0.15) is 0 Å². The van der Waals surface area contributed by atoms with Crippen LogP contribution in [0.1, 0.15) is 38.3 Å². The molecule has 0 saturated heterocycles. The van der Waals surface area contributed by atoms with Crippen molar-refractivity contribution in [3.63, 3.8) is 0 Å². The van der Waals surface area contributed by atoms with Crippen LogP contribution >= 0.6 is 15.9 Å². The third-order valence-electron chi connectivity index (χ3n) is 2.70. The van der Waals surface area contributed by atoms with Crippen LogP contribution in [0, 0.1) is 0 Å². The molecule has 0 radical (unpaired) electrons. The Bertz CT molecular complexity index is 314. The summed E-state index contributed by atoms with van der Waals surface area (Å²) in [5, 5.41) is 3.34. The van der Waals surface area contributed by atoms with Gasteiger partial charge in [0, 0.05) is 16.1 Å². The summed E-state index contributed by atoms with van der Waals surface area (Å²) in [5.41, 5.74) is 7.23. The molecule has 0 fully saturated rings. The van der Waals surface area contributed by atoms with E-state index in [-0.39, 0.29) is 5.54 Å². The number of rotatable bonds is 5. The van der Waals surface area contributed by atoms with E-state index in [4.69, 9.17) is 5.73 Å². The van der Waals surface area contributed by atoms with Crippen molar-refractivity contribution in [1.29, 1.82) is 0 Å². The standard InChI is InChI=1S/C13H21BrN2/c1-13(2,15)9-8-12(16-3)10-4-6-11(14)7-5-10/h4-7,12,16H,8-9,15H2,1-3H3. The average Bonchev–Trinajstić information content (AvgIpc) is 2.20. The zero-order valence-electron chi connectivity index (χ0n) is 10.3. The van der Waals surface area contributed by atoms with Crippen LogP contribution in [-0.2, 0) is 0 Å². The minimum Gasteiger partial charge on any atom is -0.326 e. The number of nitrogens with two attached hydrogens (primary N) is 1. The smallest absolute Gasteiger partial charge is 0.0318 e. The highest BCUT2D eigenvalue weighted by Crippen LogP contribution is 2.22. The van der Waals surface area contributed by atoms with E-state index in [9.17, 15) is 0 Å². The Hall–Kier alpha value is -0.380. The van der Waals surface area contributed by atoms with Crippen molar-refractivity contribution in [3.05, 3.63) is 34.3 Å². The van der Waals surface area contributed by atoms with Crippen LogP contribution in [0.3, 0.4) is 0 Å². The zero-order chi connectivity index (χ0) is 12.2. The second kappa shape index (κ2) is 5.80. The molecule has 3 N–H and O–H groups in total. The van der Waals surface area contributed by atoms with Gasteiger partial charge in [0.25, 0.3) is 0 Å². The Morgan fingerprint density at radius 1 is 1.31 bits per heavy atom. The first-order valence-corrected chi connectivity index (χ1v) is 6.43. The monoisotopic (exact) mass is 284 g/mol. The van der Waals surface area contributed by atoms with E-state index in [1.807, 2.05) is 7.05 Å². The molecule has 0 saturated carbocycles. The van der Waals surface area contributed by atoms with Crippen LogP contribution in [0.15, 0.2) is 28.7 Å². The number of hydrogen-bond donors (Lipinski definition) is 2. The molecule has 1 rings (SSSR count). The van der Waals surface area contributed by atoms with Crippen molar-refractivity contribution >= 4 is 15.9 Å². The Labute approximate surface area is 107 Å². The largest absolute Gasteiger partial charge is 0.326 e. The lowest BCUT2D eigenvalue weighted by molar-refractivity contribution is 0.411. The molecule has 3 heteroatoms. The third-order valence-corrected chi connectivity index (χ3v) is 3.23. The van der Waals surface area contributed by atoms with E-state index in [0.29, 0.717) is 6.04 Å². The summed E-state index contributed by atoms with van der Waals surface area (Å²) < 4.78 is 1.12. The lowest BCUT2D eigenvalue weighted by atomic mass is 9.93. The van der Waals surface area contributed by atoms with Gasteiger partial charge in [-0.2, -0.15) is 0 Å². The SMILES string of the molecule is CNC(CCC(C)(C)N)c1ccc(Br)cc1. The fourth-order valence-electron chi connectivity index (χ4n) is 1.69. The molecular formula is C13H21BrN2. The number of hydrogen-bond acceptors (Lipinski definition) is 2. The van der Waals surface area contributed by atoms with E-state index in [2.05, 4.69) is 59.4 Å². The molecule has 1 unspecified atom stereocenters. The minimum absolute atomic E-state index is 0.0928. The summed E-state index contributed by atoms with van der Waals surface area (Å²) in [4.78, 5) is 0. The molecule has 1 aromatic carbocycles. The van der Waals surface area contributed by atoms with Crippen molar-refractivity contribution in [2.24, 2.45) is 5.73 Å². The predicted molar refractivity (Wildman–Crippen MR) is 73.4 cm³/mol. The first-order valence-electron chi connectivity index (χ1n) is 5.64. The molecule has 0 aliphatic carbocycles. The maximum absolute atomic E-state index is 6.01. The average molecular weight is 285 g/mol. The van der Waals surface area contributed by atoms with Gasteiger partial charge < -0.3 is 11.1 Å². The molecule has 0 bridgehead atoms. The quantitative estimate of drug-likeness (QED) is 0.871. The van der Waals surface area contributed by atoms with Gasteiger partial charge in [-0.3, -0.25) is 0 Å². The van der Waals surface area contributed by atoms with Gasteiger partial charge in [-0.1, -0.05) is 28.1 Å². The van der Waals surface area contributed by atoms with Crippen molar-refractivity contribution in [3.8, 4) is 0 Å². The molecule has 90 valence electrons. The zero-order valence-corrected chi connectivity index (χ0v) is 11.8. The lowest BCUT2D eigenvalue weighted by Crippen LogP contribution is -2.33. The first kappa shape index (κ1) is 13.7. The summed E-state index contributed by atoms with van der Waals surface area (Å²) in [6.07, 6.45) is 2.07. The molecule has 0 amide bonds. The topological polar surface area (TPSA) is 38.0 Å². The highest BCUT2D eigenvalue weighted by atomic mass is 79.9. The maximum Gasteiger partial charge on any atom is 0.0318 e. The molecule has 0 spiro atoms. The van der Waals surface area contributed by atoms with Crippen molar-refractivity contribution in [2.75, 3.05) is 7.05 Å². The lowest BCUT2D eigenvalue weighted by Gasteiger charge is -2.23. The van der Waals surface area contributed by atoms with E-state index in [1.54, 1.807) is 0 Å². The number of benzene rings is 1.